The van der Waals surface area contributed by atoms with Crippen molar-refractivity contribution in [1.82, 2.24) is 4.90 Å². The molecule has 10 heteroatoms. The molecule has 0 saturated carbocycles. The lowest BCUT2D eigenvalue weighted by atomic mass is 9.94. The van der Waals surface area contributed by atoms with Gasteiger partial charge in [0.1, 0.15) is 5.75 Å². The molecule has 2 fully saturated rings. The second kappa shape index (κ2) is 10.1. The number of nitrogens with zero attached hydrogens (tertiary/aromatic N) is 3. The number of carbonyl (C=O) groups is 3. The van der Waals surface area contributed by atoms with E-state index in [4.69, 9.17) is 4.74 Å². The van der Waals surface area contributed by atoms with Gasteiger partial charge in [-0.15, -0.1) is 0 Å². The van der Waals surface area contributed by atoms with E-state index < -0.39 is 10.8 Å². The van der Waals surface area contributed by atoms with Gasteiger partial charge in [0.25, 0.3) is 5.69 Å². The number of aryl methyl sites for hydroxylation is 1. The van der Waals surface area contributed by atoms with Crippen molar-refractivity contribution in [1.29, 1.82) is 0 Å². The van der Waals surface area contributed by atoms with E-state index in [0.29, 0.717) is 38.2 Å². The highest BCUT2D eigenvalue weighted by atomic mass is 16.6. The van der Waals surface area contributed by atoms with Crippen LogP contribution in [0.15, 0.2) is 42.5 Å². The smallest absolute Gasteiger partial charge is 0.271 e. The van der Waals surface area contributed by atoms with Crippen LogP contribution in [0.25, 0.3) is 0 Å². The molecule has 0 spiro atoms. The molecule has 184 valence electrons. The minimum atomic E-state index is -0.535. The summed E-state index contributed by atoms with van der Waals surface area (Å²) < 4.78 is 5.21. The lowest BCUT2D eigenvalue weighted by molar-refractivity contribution is -0.384. The van der Waals surface area contributed by atoms with E-state index in [2.05, 4.69) is 5.32 Å². The molecule has 1 N–H and O–H groups in total. The number of likely N-dealkylation sites (tertiary alicyclic amines) is 1. The SMILES string of the molecule is COc1ccc([N+](=O)[O-])cc1NC(=O)C1CCN(C(=O)C2CC(=O)N(c3ccc(C)cc3)C2)CC1. The van der Waals surface area contributed by atoms with Gasteiger partial charge in [0.2, 0.25) is 17.7 Å². The van der Waals surface area contributed by atoms with Crippen LogP contribution in [-0.4, -0.2) is 54.3 Å². The molecule has 2 aliphatic rings. The lowest BCUT2D eigenvalue weighted by Crippen LogP contribution is -2.44. The van der Waals surface area contributed by atoms with Gasteiger partial charge in [-0.1, -0.05) is 17.7 Å². The predicted molar refractivity (Wildman–Crippen MR) is 129 cm³/mol. The van der Waals surface area contributed by atoms with Crippen molar-refractivity contribution in [2.45, 2.75) is 26.2 Å². The van der Waals surface area contributed by atoms with Gasteiger partial charge in [-0.25, -0.2) is 0 Å². The van der Waals surface area contributed by atoms with Gasteiger partial charge in [-0.2, -0.15) is 0 Å². The quantitative estimate of drug-likeness (QED) is 0.501. The Balaban J connectivity index is 1.33. The van der Waals surface area contributed by atoms with Crippen LogP contribution in [0.2, 0.25) is 0 Å². The molecule has 4 rings (SSSR count). The fraction of sp³-hybridized carbons (Fsp3) is 0.400. The molecule has 0 bridgehead atoms. The molecular weight excluding hydrogens is 452 g/mol. The highest BCUT2D eigenvalue weighted by molar-refractivity contribution is 6.00. The molecule has 0 radical (unpaired) electrons. The summed E-state index contributed by atoms with van der Waals surface area (Å²) in [6.45, 7) is 3.16. The van der Waals surface area contributed by atoms with Gasteiger partial charge in [0, 0.05) is 49.8 Å². The molecule has 0 aliphatic carbocycles. The maximum absolute atomic E-state index is 13.1. The van der Waals surface area contributed by atoms with Crippen LogP contribution in [0.4, 0.5) is 17.1 Å². The molecule has 3 amide bonds. The summed E-state index contributed by atoms with van der Waals surface area (Å²) in [7, 11) is 1.43. The number of hydrogen-bond donors (Lipinski definition) is 1. The molecule has 2 aliphatic heterocycles. The number of methoxy groups -OCH3 is 1. The first-order valence-electron chi connectivity index (χ1n) is 11.6. The molecule has 10 nitrogen and oxygen atoms in total. The summed E-state index contributed by atoms with van der Waals surface area (Å²) in [5.41, 5.74) is 1.99. The van der Waals surface area contributed by atoms with Crippen molar-refractivity contribution in [3.05, 3.63) is 58.1 Å². The summed E-state index contributed by atoms with van der Waals surface area (Å²) in [5, 5.41) is 13.8. The van der Waals surface area contributed by atoms with Crippen LogP contribution in [0.1, 0.15) is 24.8 Å². The van der Waals surface area contributed by atoms with Crippen molar-refractivity contribution >= 4 is 34.8 Å². The zero-order valence-electron chi connectivity index (χ0n) is 19.7. The Hall–Kier alpha value is -3.95. The number of non-ortho nitro benzene ring substituents is 1. The van der Waals surface area contributed by atoms with Crippen molar-refractivity contribution in [2.24, 2.45) is 11.8 Å². The van der Waals surface area contributed by atoms with E-state index >= 15 is 0 Å². The average molecular weight is 481 g/mol. The second-order valence-corrected chi connectivity index (χ2v) is 8.97. The summed E-state index contributed by atoms with van der Waals surface area (Å²) in [6.07, 6.45) is 1.12. The highest BCUT2D eigenvalue weighted by Crippen LogP contribution is 2.31. The molecule has 2 heterocycles. The number of carbonyl (C=O) groups excluding carboxylic acids is 3. The molecule has 35 heavy (non-hydrogen) atoms. The molecule has 1 atom stereocenters. The van der Waals surface area contributed by atoms with E-state index in [1.807, 2.05) is 31.2 Å². The minimum absolute atomic E-state index is 0.0626. The average Bonchev–Trinajstić information content (AvgIpc) is 3.25. The second-order valence-electron chi connectivity index (χ2n) is 8.97. The van der Waals surface area contributed by atoms with E-state index in [9.17, 15) is 24.5 Å². The van der Waals surface area contributed by atoms with Crippen LogP contribution < -0.4 is 15.0 Å². The fourth-order valence-corrected chi connectivity index (χ4v) is 4.61. The number of amides is 3. The number of hydrogen-bond acceptors (Lipinski definition) is 6. The maximum Gasteiger partial charge on any atom is 0.271 e. The molecule has 0 aromatic heterocycles. The Bertz CT molecular complexity index is 1140. The molecule has 2 aromatic carbocycles. The van der Waals surface area contributed by atoms with Crippen LogP contribution in [0.5, 0.6) is 5.75 Å². The third kappa shape index (κ3) is 5.26. The van der Waals surface area contributed by atoms with E-state index in [-0.39, 0.29) is 41.4 Å². The summed E-state index contributed by atoms with van der Waals surface area (Å²) in [6, 6.07) is 11.7. The number of anilines is 2. The first kappa shape index (κ1) is 24.2. The number of benzene rings is 2. The Morgan fingerprint density at radius 1 is 1.09 bits per heavy atom. The largest absolute Gasteiger partial charge is 0.495 e. The summed E-state index contributed by atoms with van der Waals surface area (Å²) in [4.78, 5) is 52.4. The van der Waals surface area contributed by atoms with Gasteiger partial charge in [-0.3, -0.25) is 24.5 Å². The van der Waals surface area contributed by atoms with Crippen LogP contribution in [-0.2, 0) is 14.4 Å². The fourth-order valence-electron chi connectivity index (χ4n) is 4.61. The molecular formula is C25H28N4O6. The monoisotopic (exact) mass is 480 g/mol. The number of piperidine rings is 1. The first-order valence-corrected chi connectivity index (χ1v) is 11.6. The van der Waals surface area contributed by atoms with Gasteiger partial charge >= 0.3 is 0 Å². The topological polar surface area (TPSA) is 122 Å². The van der Waals surface area contributed by atoms with Crippen LogP contribution in [0.3, 0.4) is 0 Å². The third-order valence-electron chi connectivity index (χ3n) is 6.65. The zero-order valence-corrected chi connectivity index (χ0v) is 19.7. The zero-order chi connectivity index (χ0) is 25.1. The van der Waals surface area contributed by atoms with Crippen molar-refractivity contribution < 1.29 is 24.0 Å². The maximum atomic E-state index is 13.1. The highest BCUT2D eigenvalue weighted by Gasteiger charge is 2.38. The molecule has 2 saturated heterocycles. The number of rotatable bonds is 6. The van der Waals surface area contributed by atoms with E-state index in [1.54, 1.807) is 9.80 Å². The van der Waals surface area contributed by atoms with Gasteiger partial charge < -0.3 is 19.9 Å². The standard InChI is InChI=1S/C25H28N4O6/c1-16-3-5-19(6-4-16)28-15-18(13-23(28)30)25(32)27-11-9-17(10-12-27)24(31)26-21-14-20(29(33)34)7-8-22(21)35-2/h3-8,14,17-18H,9-13,15H2,1-2H3,(H,26,31). The lowest BCUT2D eigenvalue weighted by Gasteiger charge is -2.33. The number of nitro benzene ring substituents is 1. The van der Waals surface area contributed by atoms with E-state index in [1.165, 1.54) is 25.3 Å². The number of nitrogens with one attached hydrogen (secondary N) is 1. The molecule has 2 aromatic rings. The summed E-state index contributed by atoms with van der Waals surface area (Å²) >= 11 is 0. The Kier molecular flexibility index (Phi) is 6.99. The van der Waals surface area contributed by atoms with Crippen molar-refractivity contribution in [3.63, 3.8) is 0 Å². The Morgan fingerprint density at radius 3 is 2.40 bits per heavy atom. The minimum Gasteiger partial charge on any atom is -0.495 e. The summed E-state index contributed by atoms with van der Waals surface area (Å²) in [5.74, 6) is -0.793. The van der Waals surface area contributed by atoms with Crippen LogP contribution >= 0.6 is 0 Å². The van der Waals surface area contributed by atoms with Crippen LogP contribution in [0, 0.1) is 28.9 Å². The van der Waals surface area contributed by atoms with Gasteiger partial charge in [0.05, 0.1) is 23.6 Å². The first-order chi connectivity index (χ1) is 16.8. The van der Waals surface area contributed by atoms with Gasteiger partial charge in [0.15, 0.2) is 0 Å². The van der Waals surface area contributed by atoms with Crippen molar-refractivity contribution in [3.8, 4) is 5.75 Å². The third-order valence-corrected chi connectivity index (χ3v) is 6.65. The van der Waals surface area contributed by atoms with E-state index in [0.717, 1.165) is 11.3 Å². The normalized spacial score (nSPS) is 18.5. The molecule has 1 unspecified atom stereocenters. The predicted octanol–water partition coefficient (Wildman–Crippen LogP) is 3.14. The van der Waals surface area contributed by atoms with Gasteiger partial charge in [-0.05, 0) is 38.0 Å². The Labute approximate surface area is 203 Å². The number of nitro groups is 1. The van der Waals surface area contributed by atoms with Crippen molar-refractivity contribution in [2.75, 3.05) is 37.0 Å². The number of ether oxygens (including phenoxy) is 1. The Morgan fingerprint density at radius 2 is 1.77 bits per heavy atom.